The molecule has 3 nitrogen and oxygen atoms in total. The van der Waals surface area contributed by atoms with Crippen molar-refractivity contribution in [3.63, 3.8) is 0 Å². The second-order valence-corrected chi connectivity index (χ2v) is 4.39. The Balaban J connectivity index is 2.19. The molecule has 0 bridgehead atoms. The van der Waals surface area contributed by atoms with Gasteiger partial charge in [-0.15, -0.1) is 0 Å². The zero-order valence-electron chi connectivity index (χ0n) is 9.50. The molecule has 0 N–H and O–H groups in total. The molecule has 1 aliphatic heterocycles. The Morgan fingerprint density at radius 1 is 1.65 bits per heavy atom. The summed E-state index contributed by atoms with van der Waals surface area (Å²) >= 11 is 5.69. The summed E-state index contributed by atoms with van der Waals surface area (Å²) in [6, 6.07) is 4.28. The van der Waals surface area contributed by atoms with Gasteiger partial charge in [0.15, 0.2) is 6.10 Å². The third kappa shape index (κ3) is 2.15. The van der Waals surface area contributed by atoms with Crippen LogP contribution in [0.25, 0.3) is 0 Å². The maximum Gasteiger partial charge on any atom is 0.338 e. The molecule has 1 fully saturated rings. The highest BCUT2D eigenvalue weighted by atomic mass is 35.5. The minimum atomic E-state index is -0.760. The Hall–Kier alpha value is -1.13. The molecule has 1 aromatic carbocycles. The third-order valence-electron chi connectivity index (χ3n) is 2.80. The summed E-state index contributed by atoms with van der Waals surface area (Å²) in [7, 11) is 0. The first-order chi connectivity index (χ1) is 7.99. The molecule has 0 spiro atoms. The predicted octanol–water partition coefficient (Wildman–Crippen LogP) is 2.66. The van der Waals surface area contributed by atoms with Crippen LogP contribution in [0.4, 0.5) is 4.39 Å². The smallest absolute Gasteiger partial charge is 0.338 e. The number of carbonyl (C=O) groups excluding carboxylic acids is 1. The van der Waals surface area contributed by atoms with Crippen molar-refractivity contribution < 1.29 is 18.7 Å². The van der Waals surface area contributed by atoms with E-state index >= 15 is 0 Å². The van der Waals surface area contributed by atoms with Gasteiger partial charge in [-0.1, -0.05) is 17.7 Å². The monoisotopic (exact) mass is 258 g/mol. The zero-order chi connectivity index (χ0) is 12.6. The first-order valence-electron chi connectivity index (χ1n) is 5.29. The van der Waals surface area contributed by atoms with Crippen LogP contribution in [0.1, 0.15) is 19.4 Å². The molecule has 2 rings (SSSR count). The van der Waals surface area contributed by atoms with Crippen LogP contribution in [0, 0.1) is 5.82 Å². The number of ether oxygens (including phenoxy) is 2. The summed E-state index contributed by atoms with van der Waals surface area (Å²) in [5.74, 6) is -0.900. The summed E-state index contributed by atoms with van der Waals surface area (Å²) in [4.78, 5) is 11.5. The molecule has 0 amide bonds. The molecule has 0 radical (unpaired) electrons. The van der Waals surface area contributed by atoms with Gasteiger partial charge in [-0.25, -0.2) is 9.18 Å². The molecule has 0 aliphatic carbocycles. The Morgan fingerprint density at radius 3 is 2.94 bits per heavy atom. The van der Waals surface area contributed by atoms with E-state index in [9.17, 15) is 9.18 Å². The Kier molecular flexibility index (Phi) is 3.10. The molecule has 2 atom stereocenters. The van der Waals surface area contributed by atoms with Gasteiger partial charge in [0.25, 0.3) is 0 Å². The highest BCUT2D eigenvalue weighted by molar-refractivity contribution is 6.30. The molecule has 1 aromatic rings. The summed E-state index contributed by atoms with van der Waals surface area (Å²) in [5.41, 5.74) is -0.0918. The van der Waals surface area contributed by atoms with E-state index in [-0.39, 0.29) is 5.02 Å². The van der Waals surface area contributed by atoms with Crippen molar-refractivity contribution >= 4 is 17.6 Å². The van der Waals surface area contributed by atoms with Gasteiger partial charge in [0.1, 0.15) is 11.4 Å². The van der Waals surface area contributed by atoms with Crippen LogP contribution in [0.15, 0.2) is 18.2 Å². The average Bonchev–Trinajstić information content (AvgIpc) is 2.97. The van der Waals surface area contributed by atoms with Crippen LogP contribution < -0.4 is 0 Å². The van der Waals surface area contributed by atoms with E-state index in [0.717, 1.165) is 0 Å². The Morgan fingerprint density at radius 2 is 2.35 bits per heavy atom. The normalized spacial score (nSPS) is 26.7. The van der Waals surface area contributed by atoms with Crippen molar-refractivity contribution in [3.8, 4) is 0 Å². The van der Waals surface area contributed by atoms with Crippen molar-refractivity contribution in [1.82, 2.24) is 0 Å². The molecular formula is C12H12ClFO3. The number of esters is 1. The van der Waals surface area contributed by atoms with Crippen molar-refractivity contribution in [2.24, 2.45) is 0 Å². The Bertz CT molecular complexity index is 463. The topological polar surface area (TPSA) is 38.8 Å². The van der Waals surface area contributed by atoms with Gasteiger partial charge in [-0.2, -0.15) is 0 Å². The van der Waals surface area contributed by atoms with Crippen LogP contribution in [-0.2, 0) is 19.9 Å². The summed E-state index contributed by atoms with van der Waals surface area (Å²) < 4.78 is 23.2. The van der Waals surface area contributed by atoms with Gasteiger partial charge in [0, 0.05) is 0 Å². The predicted molar refractivity (Wildman–Crippen MR) is 60.3 cm³/mol. The minimum Gasteiger partial charge on any atom is -0.464 e. The van der Waals surface area contributed by atoms with E-state index in [1.54, 1.807) is 19.9 Å². The van der Waals surface area contributed by atoms with Crippen molar-refractivity contribution in [2.45, 2.75) is 25.6 Å². The molecule has 1 saturated heterocycles. The van der Waals surface area contributed by atoms with Gasteiger partial charge in [-0.05, 0) is 31.5 Å². The third-order valence-corrected chi connectivity index (χ3v) is 3.09. The van der Waals surface area contributed by atoms with Crippen LogP contribution in [0.2, 0.25) is 5.02 Å². The number of epoxide rings is 1. The van der Waals surface area contributed by atoms with E-state index in [1.165, 1.54) is 12.1 Å². The van der Waals surface area contributed by atoms with E-state index in [2.05, 4.69) is 0 Å². The number of hydrogen-bond donors (Lipinski definition) is 0. The number of halogens is 2. The maximum absolute atomic E-state index is 13.0. The second kappa shape index (κ2) is 4.27. The van der Waals surface area contributed by atoms with Crippen LogP contribution in [-0.4, -0.2) is 18.7 Å². The van der Waals surface area contributed by atoms with Crippen LogP contribution in [0.5, 0.6) is 0 Å². The second-order valence-electron chi connectivity index (χ2n) is 3.99. The number of rotatable bonds is 3. The molecule has 2 unspecified atom stereocenters. The van der Waals surface area contributed by atoms with Crippen LogP contribution in [0.3, 0.4) is 0 Å². The van der Waals surface area contributed by atoms with Crippen molar-refractivity contribution in [2.75, 3.05) is 6.61 Å². The standard InChI is InChI=1S/C12H12ClFO3/c1-3-16-11(15)10-12(2,17-10)7-4-5-9(14)8(13)6-7/h4-6,10H,3H2,1-2H3. The summed E-state index contributed by atoms with van der Waals surface area (Å²) in [5, 5.41) is 0.0156. The first-order valence-corrected chi connectivity index (χ1v) is 5.67. The highest BCUT2D eigenvalue weighted by Crippen LogP contribution is 2.47. The average molecular weight is 259 g/mol. The lowest BCUT2D eigenvalue weighted by molar-refractivity contribution is -0.144. The van der Waals surface area contributed by atoms with Gasteiger partial charge >= 0.3 is 5.97 Å². The van der Waals surface area contributed by atoms with Gasteiger partial charge in [0.2, 0.25) is 0 Å². The number of benzene rings is 1. The maximum atomic E-state index is 13.0. The quantitative estimate of drug-likeness (QED) is 0.618. The summed E-state index contributed by atoms with van der Waals surface area (Å²) in [6.07, 6.45) is -0.635. The first kappa shape index (κ1) is 12.3. The minimum absolute atomic E-state index is 0.0156. The summed E-state index contributed by atoms with van der Waals surface area (Å²) in [6.45, 7) is 3.78. The molecule has 1 aliphatic rings. The molecule has 1 heterocycles. The lowest BCUT2D eigenvalue weighted by atomic mass is 9.97. The lowest BCUT2D eigenvalue weighted by Crippen LogP contribution is -2.18. The molecule has 92 valence electrons. The van der Waals surface area contributed by atoms with E-state index < -0.39 is 23.5 Å². The zero-order valence-corrected chi connectivity index (χ0v) is 10.3. The molecule has 5 heteroatoms. The van der Waals surface area contributed by atoms with Crippen molar-refractivity contribution in [1.29, 1.82) is 0 Å². The number of hydrogen-bond acceptors (Lipinski definition) is 3. The number of carbonyl (C=O) groups is 1. The molecule has 0 aromatic heterocycles. The van der Waals surface area contributed by atoms with Gasteiger partial charge in [0.05, 0.1) is 11.6 Å². The molecule has 17 heavy (non-hydrogen) atoms. The lowest BCUT2D eigenvalue weighted by Gasteiger charge is -2.07. The molecular weight excluding hydrogens is 247 g/mol. The van der Waals surface area contributed by atoms with Gasteiger partial charge in [-0.3, -0.25) is 0 Å². The van der Waals surface area contributed by atoms with E-state index in [0.29, 0.717) is 12.2 Å². The van der Waals surface area contributed by atoms with Gasteiger partial charge < -0.3 is 9.47 Å². The molecule has 0 saturated carbocycles. The van der Waals surface area contributed by atoms with E-state index in [4.69, 9.17) is 21.1 Å². The van der Waals surface area contributed by atoms with Crippen LogP contribution >= 0.6 is 11.6 Å². The van der Waals surface area contributed by atoms with E-state index in [1.807, 2.05) is 0 Å². The fourth-order valence-corrected chi connectivity index (χ4v) is 1.91. The fourth-order valence-electron chi connectivity index (χ4n) is 1.73. The fraction of sp³-hybridized carbons (Fsp3) is 0.417. The Labute approximate surface area is 103 Å². The SMILES string of the molecule is CCOC(=O)C1OC1(C)c1ccc(F)c(Cl)c1. The van der Waals surface area contributed by atoms with Crippen molar-refractivity contribution in [3.05, 3.63) is 34.6 Å². The highest BCUT2D eigenvalue weighted by Gasteiger charge is 2.59. The largest absolute Gasteiger partial charge is 0.464 e.